The van der Waals surface area contributed by atoms with Gasteiger partial charge in [0.05, 0.1) is 22.5 Å². The van der Waals surface area contributed by atoms with Crippen molar-refractivity contribution in [2.24, 2.45) is 0 Å². The Kier molecular flexibility index (Phi) is 5.81. The molecule has 0 aliphatic carbocycles. The standard InChI is InChI=1S/C20H17ClFN3O/c21-16-7-4-8-17(22)19(16)20(26)25-15-9-10-18(24-13-15)23-12-11-14-5-2-1-3-6-14/h1-10,13H,11-12H2,(H,23,24)(H,25,26). The molecule has 0 radical (unpaired) electrons. The zero-order chi connectivity index (χ0) is 18.4. The first-order valence-corrected chi connectivity index (χ1v) is 8.50. The molecule has 6 heteroatoms. The van der Waals surface area contributed by atoms with Crippen molar-refractivity contribution in [1.82, 2.24) is 4.98 Å². The molecule has 4 nitrogen and oxygen atoms in total. The Bertz CT molecular complexity index is 865. The number of benzene rings is 2. The molecule has 3 rings (SSSR count). The lowest BCUT2D eigenvalue weighted by atomic mass is 10.1. The van der Waals surface area contributed by atoms with Gasteiger partial charge in [-0.2, -0.15) is 0 Å². The lowest BCUT2D eigenvalue weighted by molar-refractivity contribution is 0.102. The fraction of sp³-hybridized carbons (Fsp3) is 0.100. The molecule has 0 atom stereocenters. The van der Waals surface area contributed by atoms with Crippen molar-refractivity contribution >= 4 is 29.0 Å². The zero-order valence-corrected chi connectivity index (χ0v) is 14.6. The number of hydrogen-bond donors (Lipinski definition) is 2. The van der Waals surface area contributed by atoms with E-state index in [1.165, 1.54) is 30.0 Å². The van der Waals surface area contributed by atoms with Crippen LogP contribution in [0.1, 0.15) is 15.9 Å². The van der Waals surface area contributed by atoms with Crippen molar-refractivity contribution in [3.05, 3.63) is 88.8 Å². The predicted molar refractivity (Wildman–Crippen MR) is 102 cm³/mol. The second-order valence-electron chi connectivity index (χ2n) is 5.65. The molecule has 1 aromatic heterocycles. The van der Waals surface area contributed by atoms with E-state index in [1.807, 2.05) is 18.2 Å². The Balaban J connectivity index is 1.57. The molecule has 0 bridgehead atoms. The zero-order valence-electron chi connectivity index (χ0n) is 13.9. The van der Waals surface area contributed by atoms with Gasteiger partial charge < -0.3 is 10.6 Å². The lowest BCUT2D eigenvalue weighted by Gasteiger charge is -2.09. The maximum atomic E-state index is 13.8. The van der Waals surface area contributed by atoms with Crippen LogP contribution in [0.3, 0.4) is 0 Å². The highest BCUT2D eigenvalue weighted by Crippen LogP contribution is 2.20. The van der Waals surface area contributed by atoms with E-state index < -0.39 is 11.7 Å². The highest BCUT2D eigenvalue weighted by Gasteiger charge is 2.15. The van der Waals surface area contributed by atoms with Gasteiger partial charge in [0.15, 0.2) is 0 Å². The van der Waals surface area contributed by atoms with Crippen LogP contribution in [0.15, 0.2) is 66.9 Å². The molecule has 0 aliphatic heterocycles. The maximum absolute atomic E-state index is 13.8. The quantitative estimate of drug-likeness (QED) is 0.657. The van der Waals surface area contributed by atoms with Crippen LogP contribution in [0.2, 0.25) is 5.02 Å². The summed E-state index contributed by atoms with van der Waals surface area (Å²) in [6.07, 6.45) is 2.39. The minimum absolute atomic E-state index is 0.0645. The van der Waals surface area contributed by atoms with E-state index in [0.29, 0.717) is 11.5 Å². The normalized spacial score (nSPS) is 10.4. The molecule has 0 saturated carbocycles. The van der Waals surface area contributed by atoms with Crippen LogP contribution in [-0.4, -0.2) is 17.4 Å². The molecule has 0 spiro atoms. The van der Waals surface area contributed by atoms with Gasteiger partial charge in [0.2, 0.25) is 0 Å². The number of anilines is 2. The second-order valence-corrected chi connectivity index (χ2v) is 6.05. The number of nitrogens with zero attached hydrogens (tertiary/aromatic N) is 1. The van der Waals surface area contributed by atoms with Gasteiger partial charge in [-0.05, 0) is 36.2 Å². The van der Waals surface area contributed by atoms with Gasteiger partial charge >= 0.3 is 0 Å². The van der Waals surface area contributed by atoms with E-state index in [0.717, 1.165) is 13.0 Å². The van der Waals surface area contributed by atoms with Crippen molar-refractivity contribution in [3.8, 4) is 0 Å². The minimum atomic E-state index is -0.665. The molecule has 0 unspecified atom stereocenters. The number of aromatic nitrogens is 1. The molecule has 2 aromatic carbocycles. The molecule has 0 saturated heterocycles. The molecule has 26 heavy (non-hydrogen) atoms. The summed E-state index contributed by atoms with van der Waals surface area (Å²) in [5.41, 5.74) is 1.52. The Morgan fingerprint density at radius 3 is 2.54 bits per heavy atom. The monoisotopic (exact) mass is 369 g/mol. The average molecular weight is 370 g/mol. The summed E-state index contributed by atoms with van der Waals surface area (Å²) in [7, 11) is 0. The van der Waals surface area contributed by atoms with E-state index in [2.05, 4.69) is 27.8 Å². The van der Waals surface area contributed by atoms with Crippen LogP contribution in [0.25, 0.3) is 0 Å². The van der Waals surface area contributed by atoms with E-state index >= 15 is 0 Å². The van der Waals surface area contributed by atoms with Gasteiger partial charge in [0, 0.05) is 6.54 Å². The number of halogens is 2. The van der Waals surface area contributed by atoms with E-state index in [-0.39, 0.29) is 10.6 Å². The van der Waals surface area contributed by atoms with Gasteiger partial charge in [-0.25, -0.2) is 9.37 Å². The van der Waals surface area contributed by atoms with Gasteiger partial charge in [-0.1, -0.05) is 48.0 Å². The lowest BCUT2D eigenvalue weighted by Crippen LogP contribution is -2.14. The number of hydrogen-bond acceptors (Lipinski definition) is 3. The third-order valence-electron chi connectivity index (χ3n) is 3.77. The second kappa shape index (κ2) is 8.45. The maximum Gasteiger partial charge on any atom is 0.260 e. The van der Waals surface area contributed by atoms with Crippen LogP contribution in [0.4, 0.5) is 15.9 Å². The van der Waals surface area contributed by atoms with Gasteiger partial charge in [0.25, 0.3) is 5.91 Å². The van der Waals surface area contributed by atoms with Crippen molar-refractivity contribution in [1.29, 1.82) is 0 Å². The Morgan fingerprint density at radius 1 is 1.04 bits per heavy atom. The summed E-state index contributed by atoms with van der Waals surface area (Å²) in [6, 6.07) is 17.7. The predicted octanol–water partition coefficient (Wildman–Crippen LogP) is 4.78. The summed E-state index contributed by atoms with van der Waals surface area (Å²) < 4.78 is 13.8. The number of nitrogens with one attached hydrogen (secondary N) is 2. The Morgan fingerprint density at radius 2 is 1.85 bits per heavy atom. The van der Waals surface area contributed by atoms with Crippen LogP contribution in [-0.2, 0) is 6.42 Å². The topological polar surface area (TPSA) is 54.0 Å². The smallest absolute Gasteiger partial charge is 0.260 e. The Hall–Kier alpha value is -2.92. The van der Waals surface area contributed by atoms with Crippen LogP contribution in [0, 0.1) is 5.82 Å². The summed E-state index contributed by atoms with van der Waals surface area (Å²) >= 11 is 5.90. The molecule has 2 N–H and O–H groups in total. The van der Waals surface area contributed by atoms with Gasteiger partial charge in [-0.15, -0.1) is 0 Å². The van der Waals surface area contributed by atoms with Gasteiger partial charge in [0.1, 0.15) is 11.6 Å². The van der Waals surface area contributed by atoms with Crippen molar-refractivity contribution in [3.63, 3.8) is 0 Å². The summed E-state index contributed by atoms with van der Waals surface area (Å²) in [4.78, 5) is 16.4. The molecular formula is C20H17ClFN3O. The number of amides is 1. The summed E-state index contributed by atoms with van der Waals surface area (Å²) in [6.45, 7) is 0.744. The van der Waals surface area contributed by atoms with Crippen molar-refractivity contribution < 1.29 is 9.18 Å². The SMILES string of the molecule is O=C(Nc1ccc(NCCc2ccccc2)nc1)c1c(F)cccc1Cl. The molecule has 0 fully saturated rings. The third kappa shape index (κ3) is 4.58. The first-order chi connectivity index (χ1) is 12.6. The number of carbonyl (C=O) groups excluding carboxylic acids is 1. The van der Waals surface area contributed by atoms with E-state index in [9.17, 15) is 9.18 Å². The van der Waals surface area contributed by atoms with Crippen LogP contribution >= 0.6 is 11.6 Å². The van der Waals surface area contributed by atoms with Gasteiger partial charge in [-0.3, -0.25) is 4.79 Å². The molecule has 3 aromatic rings. The third-order valence-corrected chi connectivity index (χ3v) is 4.09. The molecule has 1 heterocycles. The Labute approximate surface area is 156 Å². The first kappa shape index (κ1) is 17.9. The molecular weight excluding hydrogens is 353 g/mol. The van der Waals surface area contributed by atoms with Crippen molar-refractivity contribution in [2.45, 2.75) is 6.42 Å². The highest BCUT2D eigenvalue weighted by atomic mass is 35.5. The number of pyridine rings is 1. The minimum Gasteiger partial charge on any atom is -0.370 e. The average Bonchev–Trinajstić information content (AvgIpc) is 2.64. The van der Waals surface area contributed by atoms with E-state index in [1.54, 1.807) is 12.1 Å². The van der Waals surface area contributed by atoms with E-state index in [4.69, 9.17) is 11.6 Å². The fourth-order valence-corrected chi connectivity index (χ4v) is 2.71. The molecule has 132 valence electrons. The number of rotatable bonds is 6. The largest absolute Gasteiger partial charge is 0.370 e. The molecule has 1 amide bonds. The molecule has 0 aliphatic rings. The number of carbonyl (C=O) groups is 1. The first-order valence-electron chi connectivity index (χ1n) is 8.13. The van der Waals surface area contributed by atoms with Crippen molar-refractivity contribution in [2.75, 3.05) is 17.2 Å². The van der Waals surface area contributed by atoms with Crippen LogP contribution < -0.4 is 10.6 Å². The summed E-state index contributed by atoms with van der Waals surface area (Å²) in [5.74, 6) is -0.579. The highest BCUT2D eigenvalue weighted by molar-refractivity contribution is 6.34. The summed E-state index contributed by atoms with van der Waals surface area (Å²) in [5, 5.41) is 5.88. The van der Waals surface area contributed by atoms with Crippen LogP contribution in [0.5, 0.6) is 0 Å². The fourth-order valence-electron chi connectivity index (χ4n) is 2.46.